The summed E-state index contributed by atoms with van der Waals surface area (Å²) < 4.78 is 3.96. The number of esters is 1. The van der Waals surface area contributed by atoms with Crippen LogP contribution in [0.2, 0.25) is 0 Å². The van der Waals surface area contributed by atoms with Gasteiger partial charge in [-0.25, -0.2) is 0 Å². The Morgan fingerprint density at radius 3 is 2.83 bits per heavy atom. The van der Waals surface area contributed by atoms with Crippen LogP contribution in [0.15, 0.2) is 34.1 Å². The molecular formula is C15H11NO5S2. The van der Waals surface area contributed by atoms with Crippen LogP contribution in [-0.2, 0) is 9.59 Å². The molecule has 0 spiro atoms. The number of ether oxygens (including phenoxy) is 1. The molecule has 0 radical (unpaired) electrons. The van der Waals surface area contributed by atoms with E-state index in [1.807, 2.05) is 12.1 Å². The molecule has 1 aromatic carbocycles. The van der Waals surface area contributed by atoms with Crippen LogP contribution in [0.5, 0.6) is 5.75 Å². The van der Waals surface area contributed by atoms with E-state index in [1.165, 1.54) is 6.92 Å². The van der Waals surface area contributed by atoms with Crippen LogP contribution in [-0.4, -0.2) is 26.8 Å². The Morgan fingerprint density at radius 2 is 2.09 bits per heavy atom. The molecule has 118 valence electrons. The first kappa shape index (κ1) is 14.5. The highest BCUT2D eigenvalue weighted by Crippen LogP contribution is 2.57. The number of carbonyl (C=O) groups excluding carboxylic acids is 1. The van der Waals surface area contributed by atoms with E-state index in [0.717, 1.165) is 28.7 Å². The van der Waals surface area contributed by atoms with Gasteiger partial charge >= 0.3 is 16.8 Å². The number of fused-ring (bicyclic) bond motifs is 5. The van der Waals surface area contributed by atoms with Crippen LogP contribution in [0.25, 0.3) is 0 Å². The molecule has 0 aliphatic carbocycles. The zero-order valence-corrected chi connectivity index (χ0v) is 13.5. The van der Waals surface area contributed by atoms with Crippen molar-refractivity contribution in [2.75, 3.05) is 0 Å². The molecule has 3 heterocycles. The molecule has 2 N–H and O–H groups in total. The number of aromatic amines is 1. The number of carboxylic acid groups (broad SMARTS) is 1. The summed E-state index contributed by atoms with van der Waals surface area (Å²) in [5, 5.41) is 10.2. The molecule has 8 heteroatoms. The van der Waals surface area contributed by atoms with Crippen molar-refractivity contribution in [2.24, 2.45) is 5.92 Å². The standard InChI is InChI=1S/C15H11NO5S2/c1-15(13(18)19)9-8(10-11(23-15)16-14(20)22-10)6-4-2-3-5-7(6)21-12(9)17/h2-5,8-9H,1H3,(H,16,20)(H,18,19)/t8-,9+,15-/m1/s1. The van der Waals surface area contributed by atoms with Crippen molar-refractivity contribution in [1.29, 1.82) is 0 Å². The molecule has 3 atom stereocenters. The number of rotatable bonds is 1. The Labute approximate surface area is 138 Å². The Bertz CT molecular complexity index is 901. The van der Waals surface area contributed by atoms with Crippen LogP contribution >= 0.6 is 23.1 Å². The molecule has 2 aliphatic heterocycles. The van der Waals surface area contributed by atoms with Gasteiger partial charge in [0.15, 0.2) is 0 Å². The van der Waals surface area contributed by atoms with Crippen molar-refractivity contribution in [3.05, 3.63) is 44.4 Å². The molecule has 2 aliphatic rings. The number of nitrogens with one attached hydrogen (secondary N) is 1. The number of carbonyl (C=O) groups is 2. The first-order valence-corrected chi connectivity index (χ1v) is 8.51. The Kier molecular flexibility index (Phi) is 2.98. The minimum Gasteiger partial charge on any atom is -0.480 e. The van der Waals surface area contributed by atoms with Crippen molar-refractivity contribution in [3.8, 4) is 5.75 Å². The second-order valence-electron chi connectivity index (χ2n) is 5.64. The third-order valence-corrected chi connectivity index (χ3v) is 6.78. The van der Waals surface area contributed by atoms with E-state index in [1.54, 1.807) is 12.1 Å². The summed E-state index contributed by atoms with van der Waals surface area (Å²) in [6, 6.07) is 7.05. The lowest BCUT2D eigenvalue weighted by molar-refractivity contribution is -0.151. The number of carboxylic acids is 1. The van der Waals surface area contributed by atoms with Gasteiger partial charge in [-0.3, -0.25) is 14.4 Å². The zero-order valence-electron chi connectivity index (χ0n) is 11.9. The summed E-state index contributed by atoms with van der Waals surface area (Å²) >= 11 is 2.03. The predicted molar refractivity (Wildman–Crippen MR) is 84.2 cm³/mol. The van der Waals surface area contributed by atoms with Gasteiger partial charge in [0.25, 0.3) is 0 Å². The molecule has 4 rings (SSSR count). The molecule has 0 saturated heterocycles. The highest BCUT2D eigenvalue weighted by atomic mass is 32.2. The fourth-order valence-electron chi connectivity index (χ4n) is 3.21. The van der Waals surface area contributed by atoms with Gasteiger partial charge in [0.1, 0.15) is 10.5 Å². The number of hydrogen-bond acceptors (Lipinski definition) is 6. The van der Waals surface area contributed by atoms with Gasteiger partial charge in [0, 0.05) is 16.4 Å². The number of thiazole rings is 1. The second kappa shape index (κ2) is 4.72. The largest absolute Gasteiger partial charge is 0.480 e. The van der Waals surface area contributed by atoms with E-state index in [9.17, 15) is 19.5 Å². The molecule has 23 heavy (non-hydrogen) atoms. The number of thioether (sulfide) groups is 1. The quantitative estimate of drug-likeness (QED) is 0.604. The maximum absolute atomic E-state index is 12.5. The van der Waals surface area contributed by atoms with E-state index in [4.69, 9.17) is 4.74 Å². The van der Waals surface area contributed by atoms with Gasteiger partial charge in [-0.1, -0.05) is 41.3 Å². The van der Waals surface area contributed by atoms with E-state index in [0.29, 0.717) is 15.7 Å². The summed E-state index contributed by atoms with van der Waals surface area (Å²) in [5.74, 6) is -2.64. The van der Waals surface area contributed by atoms with Crippen molar-refractivity contribution in [3.63, 3.8) is 0 Å². The molecule has 2 aromatic rings. The molecule has 0 bridgehead atoms. The van der Waals surface area contributed by atoms with Crippen molar-refractivity contribution in [2.45, 2.75) is 22.6 Å². The molecular weight excluding hydrogens is 338 g/mol. The first-order valence-electron chi connectivity index (χ1n) is 6.88. The second-order valence-corrected chi connectivity index (χ2v) is 8.11. The number of aliphatic carboxylic acids is 1. The lowest BCUT2D eigenvalue weighted by Crippen LogP contribution is -2.52. The summed E-state index contributed by atoms with van der Waals surface area (Å²) in [6.45, 7) is 1.51. The maximum atomic E-state index is 12.5. The minimum atomic E-state index is -1.41. The van der Waals surface area contributed by atoms with Crippen LogP contribution < -0.4 is 9.61 Å². The van der Waals surface area contributed by atoms with Gasteiger partial charge < -0.3 is 14.8 Å². The highest BCUT2D eigenvalue weighted by Gasteiger charge is 2.58. The van der Waals surface area contributed by atoms with E-state index in [-0.39, 0.29) is 4.87 Å². The molecule has 0 saturated carbocycles. The topological polar surface area (TPSA) is 96.5 Å². The number of para-hydroxylation sites is 1. The van der Waals surface area contributed by atoms with Crippen LogP contribution in [0, 0.1) is 5.92 Å². The normalized spacial score (nSPS) is 28.3. The van der Waals surface area contributed by atoms with E-state index < -0.39 is 28.5 Å². The smallest absolute Gasteiger partial charge is 0.320 e. The average Bonchev–Trinajstić information content (AvgIpc) is 2.86. The summed E-state index contributed by atoms with van der Waals surface area (Å²) in [6.07, 6.45) is 0. The van der Waals surface area contributed by atoms with Crippen molar-refractivity contribution in [1.82, 2.24) is 4.98 Å². The minimum absolute atomic E-state index is 0.257. The lowest BCUT2D eigenvalue weighted by Gasteiger charge is -2.42. The number of H-pyrrole nitrogens is 1. The molecule has 0 fully saturated rings. The molecule has 1 aromatic heterocycles. The van der Waals surface area contributed by atoms with Crippen molar-refractivity contribution < 1.29 is 19.4 Å². The molecule has 0 amide bonds. The summed E-state index contributed by atoms with van der Waals surface area (Å²) in [4.78, 5) is 39.4. The number of hydrogen-bond donors (Lipinski definition) is 2. The third-order valence-electron chi connectivity index (χ3n) is 4.31. The summed E-state index contributed by atoms with van der Waals surface area (Å²) in [7, 11) is 0. The van der Waals surface area contributed by atoms with Gasteiger partial charge in [0.2, 0.25) is 0 Å². The molecule has 0 unspecified atom stereocenters. The van der Waals surface area contributed by atoms with Gasteiger partial charge in [-0.2, -0.15) is 0 Å². The van der Waals surface area contributed by atoms with Gasteiger partial charge in [-0.05, 0) is 13.0 Å². The van der Waals surface area contributed by atoms with Gasteiger partial charge in [0.05, 0.1) is 10.9 Å². The fourth-order valence-corrected chi connectivity index (χ4v) is 5.66. The average molecular weight is 349 g/mol. The van der Waals surface area contributed by atoms with Crippen LogP contribution in [0.3, 0.4) is 0 Å². The number of aromatic nitrogens is 1. The highest BCUT2D eigenvalue weighted by molar-refractivity contribution is 8.01. The van der Waals surface area contributed by atoms with Crippen LogP contribution in [0.4, 0.5) is 0 Å². The van der Waals surface area contributed by atoms with E-state index in [2.05, 4.69) is 4.98 Å². The zero-order chi connectivity index (χ0) is 16.4. The maximum Gasteiger partial charge on any atom is 0.320 e. The number of benzene rings is 1. The lowest BCUT2D eigenvalue weighted by atomic mass is 9.75. The van der Waals surface area contributed by atoms with Crippen LogP contribution in [0.1, 0.15) is 23.3 Å². The summed E-state index contributed by atoms with van der Waals surface area (Å²) in [5.41, 5.74) is 0.737. The fraction of sp³-hybridized carbons (Fsp3) is 0.267. The SMILES string of the molecule is C[C@@]1(C(=O)O)Sc2[nH]c(=O)sc2[C@@H]2c3ccccc3OC(=O)[C@H]21. The predicted octanol–water partition coefficient (Wildman–Crippen LogP) is 2.05. The van der Waals surface area contributed by atoms with Crippen molar-refractivity contribution >= 4 is 35.0 Å². The monoisotopic (exact) mass is 349 g/mol. The Hall–Kier alpha value is -2.06. The Balaban J connectivity index is 2.03. The first-order chi connectivity index (χ1) is 10.9. The third kappa shape index (κ3) is 1.91. The van der Waals surface area contributed by atoms with Gasteiger partial charge in [-0.15, -0.1) is 0 Å². The molecule has 6 nitrogen and oxygen atoms in total. The Morgan fingerprint density at radius 1 is 1.35 bits per heavy atom. The van der Waals surface area contributed by atoms with E-state index >= 15 is 0 Å².